The molecule has 0 bridgehead atoms. The second-order valence-electron chi connectivity index (χ2n) is 32.8. The van der Waals surface area contributed by atoms with Crippen LogP contribution in [-0.2, 0) is 0 Å². The molecule has 0 unspecified atom stereocenters. The first-order valence-corrected chi connectivity index (χ1v) is 42.7. The highest BCUT2D eigenvalue weighted by Gasteiger charge is 2.23. The maximum atomic E-state index is 2.48. The summed E-state index contributed by atoms with van der Waals surface area (Å²) < 4.78 is 9.82. The van der Waals surface area contributed by atoms with Crippen LogP contribution in [0.2, 0.25) is 0 Å². The van der Waals surface area contributed by atoms with Crippen LogP contribution in [0.1, 0.15) is 0 Å². The minimum absolute atomic E-state index is 1.10. The number of nitrogens with zero attached hydrogens (tertiary/aromatic N) is 4. The van der Waals surface area contributed by atoms with E-state index in [1.54, 1.807) is 0 Å². The fourth-order valence-corrected chi connectivity index (χ4v) is 19.5. The first-order chi connectivity index (χ1) is 61.4. The Morgan fingerprint density at radius 2 is 0.242 bits per heavy atom. The van der Waals surface area contributed by atoms with Crippen LogP contribution >= 0.6 is 0 Å². The van der Waals surface area contributed by atoms with Crippen LogP contribution < -0.4 is 0 Å². The molecule has 20 aromatic carbocycles. The normalized spacial score (nSPS) is 11.7. The van der Waals surface area contributed by atoms with Crippen LogP contribution in [0.3, 0.4) is 0 Å². The number of hydrogen-bond acceptors (Lipinski definition) is 0. The Labute approximate surface area is 718 Å². The van der Waals surface area contributed by atoms with E-state index in [9.17, 15) is 0 Å². The molecular weight excluding hydrogens is 1500 g/mol. The smallest absolute Gasteiger partial charge is 0.0541 e. The third-order valence-corrected chi connectivity index (χ3v) is 25.5. The molecule has 0 saturated carbocycles. The molecule has 0 fully saturated rings. The van der Waals surface area contributed by atoms with Gasteiger partial charge < -0.3 is 18.3 Å². The van der Waals surface area contributed by atoms with E-state index in [4.69, 9.17) is 0 Å². The van der Waals surface area contributed by atoms with E-state index >= 15 is 0 Å². The monoisotopic (exact) mass is 1570 g/mol. The molecule has 0 aliphatic heterocycles. The standard InChI is InChI=1S/C120H78N4/c1-8-26-79(27-9-1)91-48-56-113-105(71-91)109-75-95(52-60-114(109)121(113)101-44-20-7-21-45-101)96-53-61-117-110(76-96)106-72-92(80-28-10-2-11-29-80)49-57-115(106)122(117)102-46-24-42-89(67-102)87-40-22-38-85(64-87)86-39-23-41-88(65-86)90-43-25-47-103(68-90)123-116-58-50-93(81-30-12-3-13-31-81)73-107(116)111-77-97(54-62-118(111)123)98-55-63-120-112(78-98)108-74-94(82-32-14-4-15-33-82)51-59-119(108)124(120)104-69-99(83-34-16-5-17-35-83)66-100(70-104)84-36-18-6-19-37-84/h1-78H. The van der Waals surface area contributed by atoms with Crippen molar-refractivity contribution in [3.63, 3.8) is 0 Å². The van der Waals surface area contributed by atoms with Crippen molar-refractivity contribution in [1.29, 1.82) is 0 Å². The Balaban J connectivity index is 0.580. The quantitative estimate of drug-likeness (QED) is 0.0975. The summed E-state index contributed by atoms with van der Waals surface area (Å²) in [5, 5.41) is 9.64. The van der Waals surface area contributed by atoms with Gasteiger partial charge in [0.1, 0.15) is 0 Å². The molecule has 0 aliphatic carbocycles. The SMILES string of the molecule is c1ccc(-c2cc(-c3ccccc3)cc(-n3c4ccc(-c5ccccc5)cc4c4cc(-c5ccc6c(c5)c5cc(-c7ccccc7)ccc5n6-c5cccc(-c6cccc(-c7cccc(-c8cccc(-n9c%10ccc(-c%11ccccc%11)cc%10c%10cc(-c%11ccc%12c(c%11)c%11cc(-c%13ccccc%13)ccc%11n%12-c%11ccccc%11)ccc%109)c8)c7)c6)c5)ccc43)c2)cc1. The second-order valence-corrected chi connectivity index (χ2v) is 32.8. The van der Waals surface area contributed by atoms with E-state index in [1.165, 1.54) is 132 Å². The Morgan fingerprint density at radius 1 is 0.0887 bits per heavy atom. The van der Waals surface area contributed by atoms with Gasteiger partial charge in [0.05, 0.1) is 44.1 Å². The number of hydrogen-bond donors (Lipinski definition) is 0. The predicted octanol–water partition coefficient (Wildman–Crippen LogP) is 32.4. The van der Waals surface area contributed by atoms with Gasteiger partial charge in [0, 0.05) is 65.8 Å². The molecule has 4 nitrogen and oxygen atoms in total. The van der Waals surface area contributed by atoms with Crippen molar-refractivity contribution in [2.45, 2.75) is 0 Å². The molecule has 0 amide bonds. The Morgan fingerprint density at radius 3 is 0.492 bits per heavy atom. The average Bonchev–Trinajstić information content (AvgIpc) is 1.58. The summed E-state index contributed by atoms with van der Waals surface area (Å²) in [7, 11) is 0. The number of fused-ring (bicyclic) bond motifs is 12. The minimum atomic E-state index is 1.10. The van der Waals surface area contributed by atoms with Gasteiger partial charge in [-0.3, -0.25) is 0 Å². The third-order valence-electron chi connectivity index (χ3n) is 25.5. The molecule has 4 heteroatoms. The highest BCUT2D eigenvalue weighted by atomic mass is 15.0. The second kappa shape index (κ2) is 29.8. The van der Waals surface area contributed by atoms with Crippen LogP contribution in [0.5, 0.6) is 0 Å². The summed E-state index contributed by atoms with van der Waals surface area (Å²) in [5.74, 6) is 0. The van der Waals surface area contributed by atoms with Crippen molar-refractivity contribution in [3.05, 3.63) is 473 Å². The lowest BCUT2D eigenvalue weighted by Gasteiger charge is -2.14. The summed E-state index contributed by atoms with van der Waals surface area (Å²) in [6.45, 7) is 0. The molecule has 4 aromatic heterocycles. The van der Waals surface area contributed by atoms with Crippen LogP contribution in [-0.4, -0.2) is 18.3 Å². The summed E-state index contributed by atoms with van der Waals surface area (Å²) in [6.07, 6.45) is 0. The number of para-hydroxylation sites is 1. The van der Waals surface area contributed by atoms with Gasteiger partial charge in [-0.25, -0.2) is 0 Å². The predicted molar refractivity (Wildman–Crippen MR) is 524 cm³/mol. The average molecular weight is 1580 g/mol. The van der Waals surface area contributed by atoms with E-state index in [1.807, 2.05) is 0 Å². The van der Waals surface area contributed by atoms with Gasteiger partial charge in [-0.1, -0.05) is 309 Å². The van der Waals surface area contributed by atoms with Crippen LogP contribution in [0.4, 0.5) is 0 Å². The van der Waals surface area contributed by atoms with Gasteiger partial charge >= 0.3 is 0 Å². The van der Waals surface area contributed by atoms with Gasteiger partial charge in [-0.2, -0.15) is 0 Å². The molecule has 0 N–H and O–H groups in total. The Bertz CT molecular complexity index is 8240. The van der Waals surface area contributed by atoms with Crippen LogP contribution in [0.25, 0.3) is 232 Å². The van der Waals surface area contributed by atoms with Crippen LogP contribution in [0, 0.1) is 0 Å². The lowest BCUT2D eigenvalue weighted by Crippen LogP contribution is -1.96. The molecule has 0 saturated heterocycles. The topological polar surface area (TPSA) is 19.7 Å². The van der Waals surface area contributed by atoms with E-state index in [0.29, 0.717) is 0 Å². The van der Waals surface area contributed by atoms with Crippen molar-refractivity contribution < 1.29 is 0 Å². The molecule has 4 heterocycles. The van der Waals surface area contributed by atoms with Gasteiger partial charge in [0.15, 0.2) is 0 Å². The van der Waals surface area contributed by atoms with E-state index in [2.05, 4.69) is 491 Å². The molecule has 24 rings (SSSR count). The number of aromatic nitrogens is 4. The van der Waals surface area contributed by atoms with E-state index < -0.39 is 0 Å². The zero-order valence-corrected chi connectivity index (χ0v) is 67.8. The molecule has 0 aliphatic rings. The lowest BCUT2D eigenvalue weighted by molar-refractivity contribution is 1.18. The van der Waals surface area contributed by atoms with Gasteiger partial charge in [-0.15, -0.1) is 0 Å². The fourth-order valence-electron chi connectivity index (χ4n) is 19.5. The Hall–Kier alpha value is -16.4. The zero-order valence-electron chi connectivity index (χ0n) is 67.8. The number of rotatable bonds is 15. The lowest BCUT2D eigenvalue weighted by atomic mass is 9.96. The van der Waals surface area contributed by atoms with Crippen molar-refractivity contribution in [1.82, 2.24) is 18.3 Å². The fraction of sp³-hybridized carbons (Fsp3) is 0. The maximum absolute atomic E-state index is 2.48. The summed E-state index contributed by atoms with van der Waals surface area (Å²) in [5.41, 5.74) is 39.5. The van der Waals surface area contributed by atoms with Crippen molar-refractivity contribution in [2.75, 3.05) is 0 Å². The zero-order chi connectivity index (χ0) is 81.7. The number of benzene rings is 20. The highest BCUT2D eigenvalue weighted by molar-refractivity contribution is 6.17. The van der Waals surface area contributed by atoms with Crippen molar-refractivity contribution >= 4 is 87.2 Å². The minimum Gasteiger partial charge on any atom is -0.309 e. The molecule has 0 radical (unpaired) electrons. The summed E-state index contributed by atoms with van der Waals surface area (Å²) in [4.78, 5) is 0. The largest absolute Gasteiger partial charge is 0.309 e. The van der Waals surface area contributed by atoms with Gasteiger partial charge in [0.25, 0.3) is 0 Å². The van der Waals surface area contributed by atoms with E-state index in [0.717, 1.165) is 100 Å². The van der Waals surface area contributed by atoms with Crippen LogP contribution in [0.15, 0.2) is 473 Å². The summed E-state index contributed by atoms with van der Waals surface area (Å²) >= 11 is 0. The van der Waals surface area contributed by atoms with E-state index in [-0.39, 0.29) is 0 Å². The molecule has 0 spiro atoms. The first kappa shape index (κ1) is 71.7. The molecule has 0 atom stereocenters. The molecular formula is C120H78N4. The molecule has 24 aromatic rings. The third kappa shape index (κ3) is 12.5. The Kier molecular flexibility index (Phi) is 17.2. The van der Waals surface area contributed by atoms with Crippen molar-refractivity contribution in [3.8, 4) is 145 Å². The van der Waals surface area contributed by atoms with Crippen molar-refractivity contribution in [2.24, 2.45) is 0 Å². The molecule has 578 valence electrons. The summed E-state index contributed by atoms with van der Waals surface area (Å²) in [6, 6.07) is 175. The maximum Gasteiger partial charge on any atom is 0.0541 e. The van der Waals surface area contributed by atoms with Gasteiger partial charge in [0.2, 0.25) is 0 Å². The van der Waals surface area contributed by atoms with Gasteiger partial charge in [-0.05, 0) is 286 Å². The first-order valence-electron chi connectivity index (χ1n) is 42.7. The highest BCUT2D eigenvalue weighted by Crippen LogP contribution is 2.46. The molecule has 124 heavy (non-hydrogen) atoms.